The predicted molar refractivity (Wildman–Crippen MR) is 64.2 cm³/mol. The first-order valence-corrected chi connectivity index (χ1v) is 6.03. The third-order valence-electron chi connectivity index (χ3n) is 3.02. The summed E-state index contributed by atoms with van der Waals surface area (Å²) in [5.74, 6) is 0.266. The minimum atomic E-state index is -0.514. The van der Waals surface area contributed by atoms with Crippen molar-refractivity contribution in [2.45, 2.75) is 31.7 Å². The Hall–Kier alpha value is -1.12. The van der Waals surface area contributed by atoms with Gasteiger partial charge in [-0.05, 0) is 37.0 Å². The molecule has 0 saturated heterocycles. The van der Waals surface area contributed by atoms with Crippen LogP contribution in [0.4, 0.5) is 0 Å². The molecule has 0 aromatic heterocycles. The van der Waals surface area contributed by atoms with E-state index in [4.69, 9.17) is 0 Å². The number of phenolic OH excluding ortho intramolecular Hbond substituents is 1. The van der Waals surface area contributed by atoms with Crippen molar-refractivity contribution < 1.29 is 9.90 Å². The highest BCUT2D eigenvalue weighted by Crippen LogP contribution is 2.53. The van der Waals surface area contributed by atoms with Gasteiger partial charge in [-0.3, -0.25) is 0 Å². The van der Waals surface area contributed by atoms with E-state index in [0.29, 0.717) is 0 Å². The van der Waals surface area contributed by atoms with E-state index in [1.165, 1.54) is 0 Å². The van der Waals surface area contributed by atoms with E-state index in [9.17, 15) is 9.90 Å². The van der Waals surface area contributed by atoms with E-state index in [0.717, 1.165) is 34.9 Å². The highest BCUT2D eigenvalue weighted by Gasteiger charge is 2.47. The van der Waals surface area contributed by atoms with Gasteiger partial charge in [0, 0.05) is 10.0 Å². The molecule has 1 aromatic rings. The van der Waals surface area contributed by atoms with Gasteiger partial charge in [-0.15, -0.1) is 0 Å². The lowest BCUT2D eigenvalue weighted by molar-refractivity contribution is 0.453. The zero-order valence-corrected chi connectivity index (χ0v) is 10.5. The van der Waals surface area contributed by atoms with E-state index in [-0.39, 0.29) is 5.75 Å². The maximum Gasteiger partial charge on any atom is 0.235 e. The van der Waals surface area contributed by atoms with Gasteiger partial charge in [0.1, 0.15) is 11.3 Å². The molecule has 0 atom stereocenters. The SMILES string of the molecule is CCc1cc(Br)cc(C2(N=C=O)CC2)c1O. The van der Waals surface area contributed by atoms with Gasteiger partial charge in [0.15, 0.2) is 0 Å². The number of carbonyl (C=O) groups excluding carboxylic acids is 1. The Morgan fingerprint density at radius 1 is 1.56 bits per heavy atom. The second kappa shape index (κ2) is 4.04. The normalized spacial score (nSPS) is 16.6. The zero-order valence-electron chi connectivity index (χ0n) is 8.96. The van der Waals surface area contributed by atoms with Crippen LogP contribution in [-0.2, 0) is 16.8 Å². The fourth-order valence-corrected chi connectivity index (χ4v) is 2.43. The van der Waals surface area contributed by atoms with Gasteiger partial charge in [-0.1, -0.05) is 22.9 Å². The number of benzene rings is 1. The second-order valence-corrected chi connectivity index (χ2v) is 4.96. The molecule has 1 N–H and O–H groups in total. The van der Waals surface area contributed by atoms with Gasteiger partial charge in [-0.25, -0.2) is 4.79 Å². The van der Waals surface area contributed by atoms with Crippen molar-refractivity contribution in [2.24, 2.45) is 4.99 Å². The van der Waals surface area contributed by atoms with Crippen molar-refractivity contribution in [3.8, 4) is 5.75 Å². The first kappa shape index (κ1) is 11.4. The molecule has 0 bridgehead atoms. The van der Waals surface area contributed by atoms with Crippen LogP contribution >= 0.6 is 15.9 Å². The van der Waals surface area contributed by atoms with Crippen molar-refractivity contribution in [2.75, 3.05) is 0 Å². The average Bonchev–Trinajstić information content (AvgIpc) is 3.02. The quantitative estimate of drug-likeness (QED) is 0.684. The predicted octanol–water partition coefficient (Wildman–Crippen LogP) is 3.04. The van der Waals surface area contributed by atoms with Crippen molar-refractivity contribution >= 4 is 22.0 Å². The molecule has 0 heterocycles. The Labute approximate surface area is 102 Å². The van der Waals surface area contributed by atoms with Crippen molar-refractivity contribution in [3.63, 3.8) is 0 Å². The lowest BCUT2D eigenvalue weighted by atomic mass is 9.99. The number of isocyanates is 1. The summed E-state index contributed by atoms with van der Waals surface area (Å²) in [7, 11) is 0. The van der Waals surface area contributed by atoms with Gasteiger partial charge in [0.2, 0.25) is 6.08 Å². The summed E-state index contributed by atoms with van der Waals surface area (Å²) < 4.78 is 0.907. The summed E-state index contributed by atoms with van der Waals surface area (Å²) in [6.07, 6.45) is 3.95. The molecule has 1 saturated carbocycles. The maximum atomic E-state index is 10.4. The van der Waals surface area contributed by atoms with Crippen molar-refractivity contribution in [1.82, 2.24) is 0 Å². The minimum Gasteiger partial charge on any atom is -0.507 e. The Morgan fingerprint density at radius 2 is 2.25 bits per heavy atom. The smallest absolute Gasteiger partial charge is 0.235 e. The number of rotatable bonds is 3. The number of halogens is 1. The summed E-state index contributed by atoms with van der Waals surface area (Å²) in [5, 5.41) is 10.1. The van der Waals surface area contributed by atoms with Crippen LogP contribution in [0.2, 0.25) is 0 Å². The number of aliphatic imine (C=N–C) groups is 1. The fraction of sp³-hybridized carbons (Fsp3) is 0.417. The number of aryl methyl sites for hydroxylation is 1. The summed E-state index contributed by atoms with van der Waals surface area (Å²) in [4.78, 5) is 14.2. The number of nitrogens with zero attached hydrogens (tertiary/aromatic N) is 1. The number of hydrogen-bond acceptors (Lipinski definition) is 3. The van der Waals surface area contributed by atoms with Crippen LogP contribution in [0.1, 0.15) is 30.9 Å². The molecule has 1 aliphatic rings. The average molecular weight is 282 g/mol. The summed E-state index contributed by atoms with van der Waals surface area (Å²) in [6, 6.07) is 3.72. The van der Waals surface area contributed by atoms with Crippen LogP contribution in [-0.4, -0.2) is 11.2 Å². The Balaban J connectivity index is 2.56. The summed E-state index contributed by atoms with van der Waals surface area (Å²) in [5.41, 5.74) is 1.10. The first-order valence-electron chi connectivity index (χ1n) is 5.24. The lowest BCUT2D eigenvalue weighted by Gasteiger charge is -2.14. The van der Waals surface area contributed by atoms with Gasteiger partial charge in [0.05, 0.1) is 0 Å². The molecule has 0 radical (unpaired) electrons. The van der Waals surface area contributed by atoms with Crippen molar-refractivity contribution in [1.29, 1.82) is 0 Å². The van der Waals surface area contributed by atoms with Crippen LogP contribution < -0.4 is 0 Å². The van der Waals surface area contributed by atoms with Crippen LogP contribution in [0.15, 0.2) is 21.6 Å². The third-order valence-corrected chi connectivity index (χ3v) is 3.48. The third kappa shape index (κ3) is 1.79. The highest BCUT2D eigenvalue weighted by molar-refractivity contribution is 9.10. The Bertz CT molecular complexity index is 474. The molecule has 4 heteroatoms. The van der Waals surface area contributed by atoms with E-state index in [1.807, 2.05) is 19.1 Å². The molecular formula is C12H12BrNO2. The lowest BCUT2D eigenvalue weighted by Crippen LogP contribution is -2.04. The van der Waals surface area contributed by atoms with Gasteiger partial charge in [0.25, 0.3) is 0 Å². The Morgan fingerprint density at radius 3 is 2.75 bits per heavy atom. The van der Waals surface area contributed by atoms with E-state index in [2.05, 4.69) is 20.9 Å². The molecule has 0 unspecified atom stereocenters. The monoisotopic (exact) mass is 281 g/mol. The molecule has 1 aromatic carbocycles. The molecular weight excluding hydrogens is 270 g/mol. The molecule has 16 heavy (non-hydrogen) atoms. The van der Waals surface area contributed by atoms with Gasteiger partial charge < -0.3 is 5.11 Å². The zero-order chi connectivity index (χ0) is 11.8. The maximum absolute atomic E-state index is 10.4. The van der Waals surface area contributed by atoms with Crippen LogP contribution in [0.3, 0.4) is 0 Å². The van der Waals surface area contributed by atoms with E-state index >= 15 is 0 Å². The molecule has 3 nitrogen and oxygen atoms in total. The topological polar surface area (TPSA) is 49.7 Å². The molecule has 1 aliphatic carbocycles. The molecule has 1 fully saturated rings. The molecule has 0 amide bonds. The minimum absolute atomic E-state index is 0.266. The van der Waals surface area contributed by atoms with Gasteiger partial charge >= 0.3 is 0 Å². The largest absolute Gasteiger partial charge is 0.507 e. The summed E-state index contributed by atoms with van der Waals surface area (Å²) >= 11 is 3.41. The fourth-order valence-electron chi connectivity index (χ4n) is 1.93. The Kier molecular flexibility index (Phi) is 2.87. The summed E-state index contributed by atoms with van der Waals surface area (Å²) in [6.45, 7) is 1.98. The van der Waals surface area contributed by atoms with Crippen molar-refractivity contribution in [3.05, 3.63) is 27.7 Å². The second-order valence-electron chi connectivity index (χ2n) is 4.05. The molecule has 84 valence electrons. The highest BCUT2D eigenvalue weighted by atomic mass is 79.9. The standard InChI is InChI=1S/C12H12BrNO2/c1-2-8-5-9(13)6-10(11(8)16)12(3-4-12)14-7-15/h5-6,16H,2-4H2,1H3. The van der Waals surface area contributed by atoms with Crippen LogP contribution in [0.25, 0.3) is 0 Å². The van der Waals surface area contributed by atoms with Gasteiger partial charge in [-0.2, -0.15) is 4.99 Å². The number of phenols is 1. The molecule has 2 rings (SSSR count). The van der Waals surface area contributed by atoms with Crippen LogP contribution in [0, 0.1) is 0 Å². The number of hydrogen-bond donors (Lipinski definition) is 1. The van der Waals surface area contributed by atoms with E-state index in [1.54, 1.807) is 6.08 Å². The van der Waals surface area contributed by atoms with Crippen LogP contribution in [0.5, 0.6) is 5.75 Å². The molecule has 0 aliphatic heterocycles. The van der Waals surface area contributed by atoms with E-state index < -0.39 is 5.54 Å². The number of aromatic hydroxyl groups is 1. The first-order chi connectivity index (χ1) is 7.63. The molecule has 0 spiro atoms.